The molecule has 0 saturated heterocycles. The van der Waals surface area contributed by atoms with Crippen molar-refractivity contribution in [3.05, 3.63) is 70.7 Å². The van der Waals surface area contributed by atoms with Gasteiger partial charge in [-0.2, -0.15) is 0 Å². The Bertz CT molecular complexity index is 961. The molecule has 1 amide bonds. The summed E-state index contributed by atoms with van der Waals surface area (Å²) in [7, 11) is 3.97. The zero-order chi connectivity index (χ0) is 20.3. The van der Waals surface area contributed by atoms with Crippen LogP contribution in [-0.2, 0) is 6.42 Å². The quantitative estimate of drug-likeness (QED) is 0.634. The van der Waals surface area contributed by atoms with Gasteiger partial charge in [-0.3, -0.25) is 4.79 Å². The van der Waals surface area contributed by atoms with Gasteiger partial charge in [-0.1, -0.05) is 25.1 Å². The summed E-state index contributed by atoms with van der Waals surface area (Å²) in [5.74, 6) is -0.207. The van der Waals surface area contributed by atoms with E-state index in [2.05, 4.69) is 23.2 Å². The minimum Gasteiger partial charge on any atom is -0.451 e. The summed E-state index contributed by atoms with van der Waals surface area (Å²) < 4.78 is 19.2. The first kappa shape index (κ1) is 20.1. The minimum absolute atomic E-state index is 0.227. The van der Waals surface area contributed by atoms with E-state index in [1.807, 2.05) is 33.2 Å². The zero-order valence-electron chi connectivity index (χ0n) is 16.9. The van der Waals surface area contributed by atoms with E-state index in [-0.39, 0.29) is 17.8 Å². The Hall–Kier alpha value is -2.66. The van der Waals surface area contributed by atoms with Gasteiger partial charge in [0.1, 0.15) is 11.4 Å². The molecule has 1 N–H and O–H groups in total. The van der Waals surface area contributed by atoms with Gasteiger partial charge >= 0.3 is 0 Å². The molecule has 4 nitrogen and oxygen atoms in total. The van der Waals surface area contributed by atoms with Gasteiger partial charge in [0.15, 0.2) is 5.76 Å². The first-order valence-electron chi connectivity index (χ1n) is 9.62. The van der Waals surface area contributed by atoms with Crippen molar-refractivity contribution in [1.29, 1.82) is 0 Å². The summed E-state index contributed by atoms with van der Waals surface area (Å²) in [6.07, 6.45) is 1.64. The normalized spacial score (nSPS) is 12.5. The number of nitrogens with one attached hydrogen (secondary N) is 1. The molecule has 5 heteroatoms. The Morgan fingerprint density at radius 3 is 2.54 bits per heavy atom. The van der Waals surface area contributed by atoms with Crippen LogP contribution in [0.25, 0.3) is 11.0 Å². The van der Waals surface area contributed by atoms with Crippen LogP contribution in [0.15, 0.2) is 46.9 Å². The van der Waals surface area contributed by atoms with Gasteiger partial charge in [0.2, 0.25) is 0 Å². The van der Waals surface area contributed by atoms with Crippen LogP contribution in [-0.4, -0.2) is 31.4 Å². The van der Waals surface area contributed by atoms with Crippen LogP contribution in [0.4, 0.5) is 4.39 Å². The second-order valence-electron chi connectivity index (χ2n) is 7.41. The molecule has 28 heavy (non-hydrogen) atoms. The van der Waals surface area contributed by atoms with Crippen molar-refractivity contribution in [2.24, 2.45) is 0 Å². The fourth-order valence-electron chi connectivity index (χ4n) is 3.33. The number of carbonyl (C=O) groups is 1. The van der Waals surface area contributed by atoms with Crippen molar-refractivity contribution >= 4 is 16.9 Å². The highest BCUT2D eigenvalue weighted by atomic mass is 19.1. The molecule has 0 aliphatic carbocycles. The molecule has 1 aromatic heterocycles. The van der Waals surface area contributed by atoms with E-state index >= 15 is 0 Å². The summed E-state index contributed by atoms with van der Waals surface area (Å²) in [5.41, 5.74) is 3.64. The van der Waals surface area contributed by atoms with Gasteiger partial charge in [0.05, 0.1) is 6.04 Å². The van der Waals surface area contributed by atoms with Crippen molar-refractivity contribution < 1.29 is 13.6 Å². The second-order valence-corrected chi connectivity index (χ2v) is 7.41. The molecular weight excluding hydrogens is 355 g/mol. The third-order valence-electron chi connectivity index (χ3n) is 5.06. The van der Waals surface area contributed by atoms with E-state index in [0.29, 0.717) is 17.8 Å². The number of amides is 1. The summed E-state index contributed by atoms with van der Waals surface area (Å²) in [6, 6.07) is 12.1. The topological polar surface area (TPSA) is 45.5 Å². The summed E-state index contributed by atoms with van der Waals surface area (Å²) in [6.45, 7) is 4.80. The molecular formula is C23H27FN2O2. The molecule has 0 bridgehead atoms. The van der Waals surface area contributed by atoms with Gasteiger partial charge in [0.25, 0.3) is 5.91 Å². The van der Waals surface area contributed by atoms with Crippen molar-refractivity contribution in [1.82, 2.24) is 10.2 Å². The molecule has 0 spiro atoms. The summed E-state index contributed by atoms with van der Waals surface area (Å²) in [4.78, 5) is 15.0. The lowest BCUT2D eigenvalue weighted by Gasteiger charge is -2.21. The number of fused-ring (bicyclic) bond motifs is 1. The lowest BCUT2D eigenvalue weighted by Crippen LogP contribution is -2.31. The number of carbonyl (C=O) groups excluding carboxylic acids is 1. The average molecular weight is 382 g/mol. The fourth-order valence-corrected chi connectivity index (χ4v) is 3.33. The highest BCUT2D eigenvalue weighted by molar-refractivity contribution is 5.99. The Labute approximate surface area is 165 Å². The lowest BCUT2D eigenvalue weighted by molar-refractivity contribution is 0.0906. The average Bonchev–Trinajstić information content (AvgIpc) is 3.01. The largest absolute Gasteiger partial charge is 0.451 e. The van der Waals surface area contributed by atoms with Crippen LogP contribution in [0.2, 0.25) is 0 Å². The minimum atomic E-state index is -0.290. The van der Waals surface area contributed by atoms with Gasteiger partial charge in [-0.05, 0) is 75.8 Å². The number of hydrogen-bond donors (Lipinski definition) is 1. The second kappa shape index (κ2) is 8.57. The molecule has 3 aromatic rings. The van der Waals surface area contributed by atoms with Crippen molar-refractivity contribution in [3.63, 3.8) is 0 Å². The lowest BCUT2D eigenvalue weighted by atomic mass is 10.0. The molecule has 0 aliphatic rings. The number of furan rings is 1. The van der Waals surface area contributed by atoms with Crippen molar-refractivity contribution in [2.75, 3.05) is 20.6 Å². The van der Waals surface area contributed by atoms with Gasteiger partial charge < -0.3 is 14.6 Å². The third kappa shape index (κ3) is 4.42. The Balaban J connectivity index is 1.87. The van der Waals surface area contributed by atoms with E-state index in [1.54, 1.807) is 12.1 Å². The monoisotopic (exact) mass is 382 g/mol. The predicted molar refractivity (Wildman–Crippen MR) is 110 cm³/mol. The molecule has 0 aliphatic heterocycles. The number of hydrogen-bond acceptors (Lipinski definition) is 3. The third-order valence-corrected chi connectivity index (χ3v) is 5.06. The van der Waals surface area contributed by atoms with Crippen molar-refractivity contribution in [2.45, 2.75) is 32.7 Å². The first-order chi connectivity index (χ1) is 13.4. The summed E-state index contributed by atoms with van der Waals surface area (Å²) in [5, 5.41) is 4.04. The molecule has 0 saturated carbocycles. The maximum atomic E-state index is 13.3. The van der Waals surface area contributed by atoms with E-state index in [0.717, 1.165) is 29.5 Å². The van der Waals surface area contributed by atoms with Gasteiger partial charge in [0, 0.05) is 10.9 Å². The maximum Gasteiger partial charge on any atom is 0.287 e. The van der Waals surface area contributed by atoms with E-state index in [4.69, 9.17) is 4.42 Å². The number of rotatable bonds is 7. The Kier molecular flexibility index (Phi) is 6.15. The van der Waals surface area contributed by atoms with E-state index in [9.17, 15) is 9.18 Å². The zero-order valence-corrected chi connectivity index (χ0v) is 16.9. The van der Waals surface area contributed by atoms with Crippen LogP contribution in [0.3, 0.4) is 0 Å². The van der Waals surface area contributed by atoms with Crippen LogP contribution >= 0.6 is 0 Å². The number of aryl methyl sites for hydroxylation is 2. The number of halogens is 1. The molecule has 1 unspecified atom stereocenters. The molecule has 1 atom stereocenters. The molecule has 1 heterocycles. The molecule has 0 fully saturated rings. The molecule has 3 rings (SSSR count). The SMILES string of the molecule is CCc1ccc2oc(C(=O)NC(CCN(C)C)c3ccc(F)cc3)c(C)c2c1. The molecule has 0 radical (unpaired) electrons. The maximum absolute atomic E-state index is 13.3. The Morgan fingerprint density at radius 1 is 1.18 bits per heavy atom. The Morgan fingerprint density at radius 2 is 1.89 bits per heavy atom. The number of benzene rings is 2. The number of nitrogens with zero attached hydrogens (tertiary/aromatic N) is 1. The van der Waals surface area contributed by atoms with Crippen LogP contribution in [0, 0.1) is 12.7 Å². The van der Waals surface area contributed by atoms with Crippen LogP contribution in [0.1, 0.15) is 46.6 Å². The predicted octanol–water partition coefficient (Wildman–Crippen LogP) is 4.87. The van der Waals surface area contributed by atoms with E-state index in [1.165, 1.54) is 17.7 Å². The summed E-state index contributed by atoms with van der Waals surface area (Å²) >= 11 is 0. The molecule has 148 valence electrons. The van der Waals surface area contributed by atoms with Gasteiger partial charge in [-0.15, -0.1) is 0 Å². The smallest absolute Gasteiger partial charge is 0.287 e. The van der Waals surface area contributed by atoms with Gasteiger partial charge in [-0.25, -0.2) is 4.39 Å². The van der Waals surface area contributed by atoms with Crippen LogP contribution in [0.5, 0.6) is 0 Å². The highest BCUT2D eigenvalue weighted by Crippen LogP contribution is 2.27. The highest BCUT2D eigenvalue weighted by Gasteiger charge is 2.22. The van der Waals surface area contributed by atoms with E-state index < -0.39 is 0 Å². The standard InChI is InChI=1S/C23H27FN2O2/c1-5-16-6-11-21-19(14-16)15(2)22(28-21)23(27)25-20(12-13-26(3)4)17-7-9-18(24)10-8-17/h6-11,14,20H,5,12-13H2,1-4H3,(H,25,27). The van der Waals surface area contributed by atoms with Crippen molar-refractivity contribution in [3.8, 4) is 0 Å². The molecule has 2 aromatic carbocycles. The first-order valence-corrected chi connectivity index (χ1v) is 9.62. The fraction of sp³-hybridized carbons (Fsp3) is 0.348. The van der Waals surface area contributed by atoms with Crippen LogP contribution < -0.4 is 5.32 Å².